The first kappa shape index (κ1) is 16.3. The lowest BCUT2D eigenvalue weighted by Crippen LogP contribution is -2.47. The lowest BCUT2D eigenvalue weighted by Gasteiger charge is -2.36. The predicted octanol–water partition coefficient (Wildman–Crippen LogP) is 2.42. The molecule has 0 radical (unpaired) electrons. The van der Waals surface area contributed by atoms with E-state index < -0.39 is 0 Å². The van der Waals surface area contributed by atoms with Crippen LogP contribution in [0.5, 0.6) is 5.75 Å². The first-order chi connectivity index (χ1) is 10.1. The molecule has 1 heterocycles. The normalized spacial score (nSPS) is 21.3. The maximum atomic E-state index is 6.52. The van der Waals surface area contributed by atoms with Crippen LogP contribution in [0.1, 0.15) is 36.1 Å². The summed E-state index contributed by atoms with van der Waals surface area (Å²) in [6, 6.07) is 4.05. The standard InChI is InChI=1S/C17H28N2O2/c1-5-6-19-7-8-21-15(11-19)17(18)16-13(3)9-12(2)10-14(16)20-4/h9-10,15,17H,5-8,11,18H2,1-4H3. The van der Waals surface area contributed by atoms with Gasteiger partial charge in [0, 0.05) is 18.7 Å². The summed E-state index contributed by atoms with van der Waals surface area (Å²) in [5.74, 6) is 0.871. The van der Waals surface area contributed by atoms with Gasteiger partial charge >= 0.3 is 0 Å². The number of rotatable bonds is 5. The fourth-order valence-corrected chi connectivity index (χ4v) is 3.19. The molecule has 1 fully saturated rings. The van der Waals surface area contributed by atoms with E-state index >= 15 is 0 Å². The van der Waals surface area contributed by atoms with Gasteiger partial charge in [0.2, 0.25) is 0 Å². The minimum absolute atomic E-state index is 0.0283. The molecule has 0 aliphatic carbocycles. The summed E-state index contributed by atoms with van der Waals surface area (Å²) in [7, 11) is 1.70. The van der Waals surface area contributed by atoms with Crippen LogP contribution in [0.15, 0.2) is 12.1 Å². The monoisotopic (exact) mass is 292 g/mol. The van der Waals surface area contributed by atoms with E-state index in [4.69, 9.17) is 15.2 Å². The minimum Gasteiger partial charge on any atom is -0.496 e. The second-order valence-corrected chi connectivity index (χ2v) is 5.93. The second kappa shape index (κ2) is 7.25. The van der Waals surface area contributed by atoms with Gasteiger partial charge in [-0.1, -0.05) is 13.0 Å². The number of ether oxygens (including phenoxy) is 2. The van der Waals surface area contributed by atoms with Crippen LogP contribution in [0.3, 0.4) is 0 Å². The van der Waals surface area contributed by atoms with Crippen molar-refractivity contribution in [1.29, 1.82) is 0 Å². The first-order valence-corrected chi connectivity index (χ1v) is 7.81. The Morgan fingerprint density at radius 3 is 2.86 bits per heavy atom. The van der Waals surface area contributed by atoms with Crippen LogP contribution >= 0.6 is 0 Å². The maximum absolute atomic E-state index is 6.52. The Hall–Kier alpha value is -1.10. The van der Waals surface area contributed by atoms with E-state index in [1.54, 1.807) is 7.11 Å². The van der Waals surface area contributed by atoms with E-state index in [1.807, 2.05) is 0 Å². The molecule has 0 saturated carbocycles. The second-order valence-electron chi connectivity index (χ2n) is 5.93. The molecule has 0 spiro atoms. The van der Waals surface area contributed by atoms with Gasteiger partial charge in [-0.15, -0.1) is 0 Å². The fraction of sp³-hybridized carbons (Fsp3) is 0.647. The zero-order valence-corrected chi connectivity index (χ0v) is 13.7. The largest absolute Gasteiger partial charge is 0.496 e. The third kappa shape index (κ3) is 3.76. The van der Waals surface area contributed by atoms with Gasteiger partial charge < -0.3 is 15.2 Å². The van der Waals surface area contributed by atoms with Gasteiger partial charge in [0.25, 0.3) is 0 Å². The van der Waals surface area contributed by atoms with Crippen molar-refractivity contribution in [2.24, 2.45) is 5.73 Å². The molecule has 1 saturated heterocycles. The van der Waals surface area contributed by atoms with E-state index in [0.717, 1.165) is 44.0 Å². The summed E-state index contributed by atoms with van der Waals surface area (Å²) < 4.78 is 11.5. The third-order valence-corrected chi connectivity index (χ3v) is 4.16. The first-order valence-electron chi connectivity index (χ1n) is 7.81. The van der Waals surface area contributed by atoms with Crippen LogP contribution in [0.2, 0.25) is 0 Å². The van der Waals surface area contributed by atoms with Crippen LogP contribution in [0.4, 0.5) is 0 Å². The molecule has 0 amide bonds. The molecule has 0 bridgehead atoms. The van der Waals surface area contributed by atoms with Gasteiger partial charge in [-0.25, -0.2) is 0 Å². The van der Waals surface area contributed by atoms with Crippen LogP contribution in [0.25, 0.3) is 0 Å². The Kier molecular flexibility index (Phi) is 5.62. The molecular weight excluding hydrogens is 264 g/mol. The highest BCUT2D eigenvalue weighted by molar-refractivity contribution is 5.45. The molecule has 1 aliphatic heterocycles. The SMILES string of the molecule is CCCN1CCOC(C(N)c2c(C)cc(C)cc2OC)C1. The molecular formula is C17H28N2O2. The van der Waals surface area contributed by atoms with Crippen molar-refractivity contribution in [3.8, 4) is 5.75 Å². The zero-order valence-electron chi connectivity index (χ0n) is 13.7. The summed E-state index contributed by atoms with van der Waals surface area (Å²) >= 11 is 0. The number of benzene rings is 1. The number of hydrogen-bond donors (Lipinski definition) is 1. The number of aryl methyl sites for hydroxylation is 2. The van der Waals surface area contributed by atoms with Gasteiger partial charge in [0.05, 0.1) is 25.9 Å². The molecule has 2 atom stereocenters. The molecule has 2 N–H and O–H groups in total. The van der Waals surface area contributed by atoms with Crippen molar-refractivity contribution in [3.05, 3.63) is 28.8 Å². The number of nitrogens with two attached hydrogens (primary N) is 1. The van der Waals surface area contributed by atoms with E-state index in [1.165, 1.54) is 11.1 Å². The molecule has 1 aromatic rings. The molecule has 2 unspecified atom stereocenters. The summed E-state index contributed by atoms with van der Waals surface area (Å²) in [5.41, 5.74) is 9.97. The molecule has 4 nitrogen and oxygen atoms in total. The molecule has 0 aromatic heterocycles. The summed E-state index contributed by atoms with van der Waals surface area (Å²) in [6.45, 7) is 10.1. The number of methoxy groups -OCH3 is 1. The molecule has 1 aliphatic rings. The van der Waals surface area contributed by atoms with Crippen LogP contribution in [-0.4, -0.2) is 44.4 Å². The molecule has 4 heteroatoms. The van der Waals surface area contributed by atoms with Gasteiger partial charge in [0.15, 0.2) is 0 Å². The highest BCUT2D eigenvalue weighted by atomic mass is 16.5. The summed E-state index contributed by atoms with van der Waals surface area (Å²) in [5, 5.41) is 0. The Morgan fingerprint density at radius 1 is 1.43 bits per heavy atom. The Bertz CT molecular complexity index is 474. The van der Waals surface area contributed by atoms with E-state index in [-0.39, 0.29) is 12.1 Å². The molecule has 2 rings (SSSR count). The predicted molar refractivity (Wildman–Crippen MR) is 85.9 cm³/mol. The van der Waals surface area contributed by atoms with Crippen LogP contribution in [0, 0.1) is 13.8 Å². The third-order valence-electron chi connectivity index (χ3n) is 4.16. The summed E-state index contributed by atoms with van der Waals surface area (Å²) in [6.07, 6.45) is 1.19. The van der Waals surface area contributed by atoms with Crippen molar-refractivity contribution in [1.82, 2.24) is 4.90 Å². The van der Waals surface area contributed by atoms with Gasteiger partial charge in [-0.3, -0.25) is 4.90 Å². The number of nitrogens with zero attached hydrogens (tertiary/aromatic N) is 1. The van der Waals surface area contributed by atoms with Crippen molar-refractivity contribution in [2.75, 3.05) is 33.4 Å². The van der Waals surface area contributed by atoms with E-state index in [2.05, 4.69) is 37.8 Å². The number of hydrogen-bond acceptors (Lipinski definition) is 4. The van der Waals surface area contributed by atoms with Crippen molar-refractivity contribution in [2.45, 2.75) is 39.3 Å². The zero-order chi connectivity index (χ0) is 15.4. The van der Waals surface area contributed by atoms with Crippen molar-refractivity contribution >= 4 is 0 Å². The van der Waals surface area contributed by atoms with Gasteiger partial charge in [0.1, 0.15) is 5.75 Å². The Balaban J connectivity index is 2.21. The topological polar surface area (TPSA) is 47.7 Å². The van der Waals surface area contributed by atoms with Crippen LogP contribution in [-0.2, 0) is 4.74 Å². The molecule has 21 heavy (non-hydrogen) atoms. The van der Waals surface area contributed by atoms with Gasteiger partial charge in [-0.05, 0) is 44.0 Å². The van der Waals surface area contributed by atoms with E-state index in [0.29, 0.717) is 0 Å². The smallest absolute Gasteiger partial charge is 0.124 e. The Labute approximate surface area is 128 Å². The fourth-order valence-electron chi connectivity index (χ4n) is 3.19. The average molecular weight is 292 g/mol. The average Bonchev–Trinajstić information content (AvgIpc) is 2.46. The van der Waals surface area contributed by atoms with Crippen molar-refractivity contribution < 1.29 is 9.47 Å². The summed E-state index contributed by atoms with van der Waals surface area (Å²) in [4.78, 5) is 2.43. The lowest BCUT2D eigenvalue weighted by molar-refractivity contribution is -0.0411. The lowest BCUT2D eigenvalue weighted by atomic mass is 9.94. The number of morpholine rings is 1. The van der Waals surface area contributed by atoms with Crippen LogP contribution < -0.4 is 10.5 Å². The highest BCUT2D eigenvalue weighted by Crippen LogP contribution is 2.32. The highest BCUT2D eigenvalue weighted by Gasteiger charge is 2.29. The minimum atomic E-state index is -0.153. The van der Waals surface area contributed by atoms with Gasteiger partial charge in [-0.2, -0.15) is 0 Å². The Morgan fingerprint density at radius 2 is 2.19 bits per heavy atom. The van der Waals surface area contributed by atoms with E-state index in [9.17, 15) is 0 Å². The molecule has 1 aromatic carbocycles. The maximum Gasteiger partial charge on any atom is 0.124 e. The molecule has 118 valence electrons. The van der Waals surface area contributed by atoms with Crippen molar-refractivity contribution in [3.63, 3.8) is 0 Å². The quantitative estimate of drug-likeness (QED) is 0.905.